The minimum atomic E-state index is -3.51. The fourth-order valence-electron chi connectivity index (χ4n) is 2.37. The number of carbonyl (C=O) groups is 2. The first-order valence-corrected chi connectivity index (χ1v) is 11.1. The molecule has 0 fully saturated rings. The summed E-state index contributed by atoms with van der Waals surface area (Å²) in [6, 6.07) is 8.25. The van der Waals surface area contributed by atoms with Crippen molar-refractivity contribution in [1.29, 1.82) is 5.26 Å². The van der Waals surface area contributed by atoms with Crippen LogP contribution in [0.25, 0.3) is 0 Å². The predicted octanol–water partition coefficient (Wildman–Crippen LogP) is 3.78. The Morgan fingerprint density at radius 1 is 1.00 bits per heavy atom. The minimum Gasteiger partial charge on any atom is -0.506 e. The van der Waals surface area contributed by atoms with Crippen molar-refractivity contribution in [2.75, 3.05) is 16.9 Å². The second kappa shape index (κ2) is 9.82. The lowest BCUT2D eigenvalue weighted by Crippen LogP contribution is -2.11. The molecule has 0 aromatic heterocycles. The largest absolute Gasteiger partial charge is 0.506 e. The van der Waals surface area contributed by atoms with Gasteiger partial charge in [0, 0.05) is 25.2 Å². The maximum atomic E-state index is 11.8. The van der Waals surface area contributed by atoms with Crippen molar-refractivity contribution in [2.24, 2.45) is 10.2 Å². The van der Waals surface area contributed by atoms with Gasteiger partial charge in [0.1, 0.15) is 23.2 Å². The van der Waals surface area contributed by atoms with Gasteiger partial charge < -0.3 is 15.7 Å². The number of hydrogen-bond acceptors (Lipinski definition) is 8. The summed E-state index contributed by atoms with van der Waals surface area (Å²) in [5.74, 6) is -0.953. The SMILES string of the molecule is CCC(=O)Nc1cc(N=Nc2ccc(S(C)(=O)=O)cc2C#N)c(NC(=O)CC)cc1O. The number of nitrogens with one attached hydrogen (secondary N) is 2. The van der Waals surface area contributed by atoms with Gasteiger partial charge in [0.2, 0.25) is 11.8 Å². The number of nitriles is 1. The number of phenolic OH excluding ortho intramolecular Hbond substituents is 1. The zero-order valence-electron chi connectivity index (χ0n) is 17.1. The van der Waals surface area contributed by atoms with Crippen LogP contribution >= 0.6 is 0 Å². The van der Waals surface area contributed by atoms with Crippen LogP contribution in [0, 0.1) is 11.3 Å². The summed E-state index contributed by atoms with van der Waals surface area (Å²) in [6.45, 7) is 3.29. The number of hydrogen-bond donors (Lipinski definition) is 3. The summed E-state index contributed by atoms with van der Waals surface area (Å²) < 4.78 is 23.4. The molecule has 2 aromatic rings. The molecular weight excluding hydrogens is 422 g/mol. The van der Waals surface area contributed by atoms with E-state index in [1.165, 1.54) is 30.3 Å². The fraction of sp³-hybridized carbons (Fsp3) is 0.250. The van der Waals surface area contributed by atoms with Crippen molar-refractivity contribution < 1.29 is 23.1 Å². The van der Waals surface area contributed by atoms with Crippen molar-refractivity contribution in [1.82, 2.24) is 0 Å². The van der Waals surface area contributed by atoms with Gasteiger partial charge in [-0.1, -0.05) is 13.8 Å². The Morgan fingerprint density at radius 2 is 1.58 bits per heavy atom. The number of sulfone groups is 1. The molecule has 0 saturated carbocycles. The van der Waals surface area contributed by atoms with E-state index < -0.39 is 9.84 Å². The molecule has 0 aliphatic rings. The molecule has 10 nitrogen and oxygen atoms in total. The Kier molecular flexibility index (Phi) is 7.44. The zero-order chi connectivity index (χ0) is 23.2. The molecule has 0 bridgehead atoms. The number of amides is 2. The average molecular weight is 443 g/mol. The van der Waals surface area contributed by atoms with Gasteiger partial charge >= 0.3 is 0 Å². The molecule has 0 heterocycles. The van der Waals surface area contributed by atoms with E-state index in [1.807, 2.05) is 6.07 Å². The van der Waals surface area contributed by atoms with Crippen molar-refractivity contribution in [3.8, 4) is 11.8 Å². The summed E-state index contributed by atoms with van der Waals surface area (Å²) in [5.41, 5.74) is 0.429. The monoisotopic (exact) mass is 443 g/mol. The van der Waals surface area contributed by atoms with Crippen LogP contribution in [0.3, 0.4) is 0 Å². The van der Waals surface area contributed by atoms with Gasteiger partial charge in [-0.25, -0.2) is 8.42 Å². The molecule has 31 heavy (non-hydrogen) atoms. The lowest BCUT2D eigenvalue weighted by Gasteiger charge is -2.12. The lowest BCUT2D eigenvalue weighted by atomic mass is 10.2. The third-order valence-corrected chi connectivity index (χ3v) is 5.20. The third kappa shape index (κ3) is 6.10. The van der Waals surface area contributed by atoms with Gasteiger partial charge in [0.05, 0.1) is 21.8 Å². The Morgan fingerprint density at radius 3 is 2.13 bits per heavy atom. The van der Waals surface area contributed by atoms with Crippen molar-refractivity contribution in [3.05, 3.63) is 35.9 Å². The van der Waals surface area contributed by atoms with E-state index in [-0.39, 0.29) is 63.6 Å². The van der Waals surface area contributed by atoms with Gasteiger partial charge in [-0.15, -0.1) is 10.2 Å². The van der Waals surface area contributed by atoms with E-state index in [0.717, 1.165) is 6.26 Å². The van der Waals surface area contributed by atoms with Crippen LogP contribution in [0.4, 0.5) is 22.7 Å². The Labute approximate surface area is 179 Å². The molecule has 0 unspecified atom stereocenters. The number of azo groups is 1. The molecule has 162 valence electrons. The quantitative estimate of drug-likeness (QED) is 0.436. The van der Waals surface area contributed by atoms with Crippen LogP contribution < -0.4 is 10.6 Å². The summed E-state index contributed by atoms with van der Waals surface area (Å²) in [7, 11) is -3.51. The molecule has 0 aliphatic heterocycles. The van der Waals surface area contributed by atoms with E-state index >= 15 is 0 Å². The van der Waals surface area contributed by atoms with Crippen molar-refractivity contribution >= 4 is 44.4 Å². The molecular formula is C20H21N5O5S. The summed E-state index contributed by atoms with van der Waals surface area (Å²) >= 11 is 0. The summed E-state index contributed by atoms with van der Waals surface area (Å²) in [6.07, 6.45) is 1.38. The van der Waals surface area contributed by atoms with Gasteiger partial charge in [-0.2, -0.15) is 5.26 Å². The van der Waals surface area contributed by atoms with Gasteiger partial charge in [-0.05, 0) is 24.3 Å². The molecule has 2 rings (SSSR count). The molecule has 3 N–H and O–H groups in total. The van der Waals surface area contributed by atoms with Crippen LogP contribution in [0.1, 0.15) is 32.3 Å². The van der Waals surface area contributed by atoms with Crippen LogP contribution in [0.2, 0.25) is 0 Å². The topological polar surface area (TPSA) is 161 Å². The first-order valence-electron chi connectivity index (χ1n) is 9.21. The summed E-state index contributed by atoms with van der Waals surface area (Å²) in [5, 5.41) is 32.7. The lowest BCUT2D eigenvalue weighted by molar-refractivity contribution is -0.116. The smallest absolute Gasteiger partial charge is 0.224 e. The number of anilines is 2. The van der Waals surface area contributed by atoms with Gasteiger partial charge in [-0.3, -0.25) is 9.59 Å². The Balaban J connectivity index is 2.53. The molecule has 0 saturated heterocycles. The highest BCUT2D eigenvalue weighted by Crippen LogP contribution is 2.37. The maximum Gasteiger partial charge on any atom is 0.224 e. The number of aromatic hydroxyl groups is 1. The Hall–Kier alpha value is -3.78. The number of nitrogens with zero attached hydrogens (tertiary/aromatic N) is 3. The van der Waals surface area contributed by atoms with E-state index in [9.17, 15) is 28.4 Å². The predicted molar refractivity (Wildman–Crippen MR) is 114 cm³/mol. The number of carbonyl (C=O) groups excluding carboxylic acids is 2. The molecule has 0 spiro atoms. The number of phenols is 1. The number of rotatable bonds is 7. The normalized spacial score (nSPS) is 11.2. The van der Waals surface area contributed by atoms with Crippen molar-refractivity contribution in [3.63, 3.8) is 0 Å². The molecule has 0 atom stereocenters. The minimum absolute atomic E-state index is 0.0101. The standard InChI is InChI=1S/C20H21N5O5S/c1-4-19(27)22-15-10-18(26)17(23-20(28)5-2)9-16(15)25-24-14-7-6-13(31(3,29)30)8-12(14)11-21/h6-10,26H,4-5H2,1-3H3,(H,22,27)(H,23,28). The number of benzene rings is 2. The van der Waals surface area contributed by atoms with Crippen LogP contribution in [0.5, 0.6) is 5.75 Å². The maximum absolute atomic E-state index is 11.8. The van der Waals surface area contributed by atoms with Crippen LogP contribution in [-0.4, -0.2) is 31.6 Å². The zero-order valence-corrected chi connectivity index (χ0v) is 17.9. The van der Waals surface area contributed by atoms with Crippen molar-refractivity contribution in [2.45, 2.75) is 31.6 Å². The molecule has 2 aromatic carbocycles. The highest BCUT2D eigenvalue weighted by Gasteiger charge is 2.14. The van der Waals surface area contributed by atoms with E-state index in [1.54, 1.807) is 13.8 Å². The highest BCUT2D eigenvalue weighted by atomic mass is 32.2. The third-order valence-electron chi connectivity index (χ3n) is 4.09. The molecule has 0 aliphatic carbocycles. The molecule has 11 heteroatoms. The van der Waals surface area contributed by atoms with Gasteiger partial charge in [0.15, 0.2) is 9.84 Å². The fourth-order valence-corrected chi connectivity index (χ4v) is 3.01. The highest BCUT2D eigenvalue weighted by molar-refractivity contribution is 7.90. The second-order valence-corrected chi connectivity index (χ2v) is 8.47. The Bertz CT molecular complexity index is 1200. The average Bonchev–Trinajstić information content (AvgIpc) is 2.73. The molecule has 0 radical (unpaired) electrons. The first-order chi connectivity index (χ1) is 14.6. The molecule has 2 amide bonds. The van der Waals surface area contributed by atoms with E-state index in [0.29, 0.717) is 0 Å². The summed E-state index contributed by atoms with van der Waals surface area (Å²) in [4.78, 5) is 23.5. The second-order valence-electron chi connectivity index (χ2n) is 6.45. The first kappa shape index (κ1) is 23.5. The van der Waals surface area contributed by atoms with Gasteiger partial charge in [0.25, 0.3) is 0 Å². The van der Waals surface area contributed by atoms with E-state index in [2.05, 4.69) is 20.9 Å². The van der Waals surface area contributed by atoms with Crippen LogP contribution in [-0.2, 0) is 19.4 Å². The van der Waals surface area contributed by atoms with E-state index in [4.69, 9.17) is 0 Å². The van der Waals surface area contributed by atoms with Crippen LogP contribution in [0.15, 0.2) is 45.5 Å².